The fourth-order valence-corrected chi connectivity index (χ4v) is 1.98. The van der Waals surface area contributed by atoms with Crippen LogP contribution in [0, 0.1) is 11.8 Å². The second-order valence-electron chi connectivity index (χ2n) is 4.89. The van der Waals surface area contributed by atoms with E-state index < -0.39 is 11.9 Å². The minimum absolute atomic E-state index is 0.0255. The van der Waals surface area contributed by atoms with Gasteiger partial charge in [0.2, 0.25) is 0 Å². The van der Waals surface area contributed by atoms with Crippen molar-refractivity contribution in [2.24, 2.45) is 11.8 Å². The van der Waals surface area contributed by atoms with E-state index in [9.17, 15) is 9.59 Å². The Bertz CT molecular complexity index is 323. The Labute approximate surface area is 122 Å². The van der Waals surface area contributed by atoms with Gasteiger partial charge < -0.3 is 9.47 Å². The van der Waals surface area contributed by atoms with Gasteiger partial charge in [0.25, 0.3) is 0 Å². The third kappa shape index (κ3) is 4.99. The highest BCUT2D eigenvalue weighted by Crippen LogP contribution is 2.27. The predicted molar refractivity (Wildman–Crippen MR) is 79.2 cm³/mol. The zero-order chi connectivity index (χ0) is 15.7. The van der Waals surface area contributed by atoms with Crippen LogP contribution in [0.3, 0.4) is 0 Å². The van der Waals surface area contributed by atoms with Gasteiger partial charge in [-0.1, -0.05) is 27.7 Å². The highest BCUT2D eigenvalue weighted by Gasteiger charge is 2.29. The van der Waals surface area contributed by atoms with E-state index in [1.807, 2.05) is 27.7 Å². The largest absolute Gasteiger partial charge is 0.463 e. The number of carbonyl (C=O) groups is 2. The number of esters is 2. The maximum atomic E-state index is 12.2. The standard InChI is InChI=1S/C16H28O4/c1-7-11(5)13(15(17)19-9-3)14(12(6)8-2)16(18)20-10-4/h11-12H,7-10H2,1-6H3/b14-13-. The summed E-state index contributed by atoms with van der Waals surface area (Å²) in [6.45, 7) is 12.0. The monoisotopic (exact) mass is 284 g/mol. The summed E-state index contributed by atoms with van der Waals surface area (Å²) >= 11 is 0. The Hall–Kier alpha value is -1.32. The molecule has 0 radical (unpaired) electrons. The first kappa shape index (κ1) is 18.7. The van der Waals surface area contributed by atoms with Gasteiger partial charge in [-0.05, 0) is 38.5 Å². The molecule has 0 fully saturated rings. The van der Waals surface area contributed by atoms with Crippen molar-refractivity contribution in [2.75, 3.05) is 13.2 Å². The Kier molecular flexibility index (Phi) is 8.93. The molecule has 0 spiro atoms. The molecule has 0 bridgehead atoms. The fourth-order valence-electron chi connectivity index (χ4n) is 1.98. The van der Waals surface area contributed by atoms with Crippen molar-refractivity contribution < 1.29 is 19.1 Å². The summed E-state index contributed by atoms with van der Waals surface area (Å²) in [6.07, 6.45) is 1.54. The summed E-state index contributed by atoms with van der Waals surface area (Å²) in [4.78, 5) is 24.5. The van der Waals surface area contributed by atoms with E-state index in [2.05, 4.69) is 0 Å². The molecule has 116 valence electrons. The first-order chi connectivity index (χ1) is 9.44. The van der Waals surface area contributed by atoms with Crippen LogP contribution < -0.4 is 0 Å². The van der Waals surface area contributed by atoms with Crippen LogP contribution in [0.5, 0.6) is 0 Å². The molecule has 0 aliphatic rings. The van der Waals surface area contributed by atoms with Gasteiger partial charge in [-0.2, -0.15) is 0 Å². The second kappa shape index (κ2) is 9.56. The SMILES string of the molecule is CCOC(=O)/C(=C(\C(=O)OCC)C(C)CC)C(C)CC. The summed E-state index contributed by atoms with van der Waals surface area (Å²) in [5, 5.41) is 0. The normalized spacial score (nSPS) is 15.1. The number of hydrogen-bond donors (Lipinski definition) is 0. The van der Waals surface area contributed by atoms with E-state index in [0.717, 1.165) is 12.8 Å². The number of carbonyl (C=O) groups excluding carboxylic acids is 2. The highest BCUT2D eigenvalue weighted by atomic mass is 16.5. The molecule has 0 aliphatic heterocycles. The van der Waals surface area contributed by atoms with Gasteiger partial charge in [-0.3, -0.25) is 0 Å². The van der Waals surface area contributed by atoms with Crippen molar-refractivity contribution in [3.8, 4) is 0 Å². The Morgan fingerprint density at radius 3 is 1.25 bits per heavy atom. The maximum Gasteiger partial charge on any atom is 0.334 e. The van der Waals surface area contributed by atoms with Gasteiger partial charge in [0.1, 0.15) is 0 Å². The van der Waals surface area contributed by atoms with Crippen LogP contribution in [-0.2, 0) is 19.1 Å². The van der Waals surface area contributed by atoms with E-state index in [1.54, 1.807) is 13.8 Å². The lowest BCUT2D eigenvalue weighted by Crippen LogP contribution is -2.24. The smallest absolute Gasteiger partial charge is 0.334 e. The van der Waals surface area contributed by atoms with Gasteiger partial charge in [0, 0.05) is 0 Å². The zero-order valence-corrected chi connectivity index (χ0v) is 13.6. The number of rotatable bonds is 8. The highest BCUT2D eigenvalue weighted by molar-refractivity contribution is 6.01. The molecule has 4 heteroatoms. The van der Waals surface area contributed by atoms with Gasteiger partial charge in [0.05, 0.1) is 24.4 Å². The molecule has 0 aromatic rings. The van der Waals surface area contributed by atoms with Crippen LogP contribution >= 0.6 is 0 Å². The average Bonchev–Trinajstić information content (AvgIpc) is 2.43. The van der Waals surface area contributed by atoms with Gasteiger partial charge in [-0.15, -0.1) is 0 Å². The van der Waals surface area contributed by atoms with Crippen LogP contribution in [0.1, 0.15) is 54.4 Å². The number of hydrogen-bond acceptors (Lipinski definition) is 4. The molecule has 0 saturated carbocycles. The summed E-state index contributed by atoms with van der Waals surface area (Å²) in [7, 11) is 0. The third-order valence-corrected chi connectivity index (χ3v) is 3.49. The molecule has 0 heterocycles. The molecule has 0 N–H and O–H groups in total. The van der Waals surface area contributed by atoms with Crippen molar-refractivity contribution >= 4 is 11.9 Å². The quantitative estimate of drug-likeness (QED) is 0.505. The van der Waals surface area contributed by atoms with Crippen molar-refractivity contribution in [3.05, 3.63) is 11.1 Å². The van der Waals surface area contributed by atoms with E-state index in [0.29, 0.717) is 24.4 Å². The van der Waals surface area contributed by atoms with Gasteiger partial charge in [0.15, 0.2) is 0 Å². The average molecular weight is 284 g/mol. The summed E-state index contributed by atoms with van der Waals surface area (Å²) in [5.74, 6) is -0.847. The molecular formula is C16H28O4. The molecule has 2 atom stereocenters. The molecule has 0 rings (SSSR count). The molecule has 2 unspecified atom stereocenters. The second-order valence-corrected chi connectivity index (χ2v) is 4.89. The molecule has 4 nitrogen and oxygen atoms in total. The van der Waals surface area contributed by atoms with Crippen molar-refractivity contribution in [2.45, 2.75) is 54.4 Å². The van der Waals surface area contributed by atoms with E-state index in [1.165, 1.54) is 0 Å². The van der Waals surface area contributed by atoms with Gasteiger partial charge >= 0.3 is 11.9 Å². The minimum atomic E-state index is -0.398. The molecular weight excluding hydrogens is 256 g/mol. The van der Waals surface area contributed by atoms with Gasteiger partial charge in [-0.25, -0.2) is 9.59 Å². The number of ether oxygens (including phenoxy) is 2. The fraction of sp³-hybridized carbons (Fsp3) is 0.750. The lowest BCUT2D eigenvalue weighted by Gasteiger charge is -2.21. The van der Waals surface area contributed by atoms with Crippen LogP contribution in [-0.4, -0.2) is 25.2 Å². The molecule has 20 heavy (non-hydrogen) atoms. The Morgan fingerprint density at radius 1 is 0.750 bits per heavy atom. The lowest BCUT2D eigenvalue weighted by atomic mass is 9.86. The first-order valence-corrected chi connectivity index (χ1v) is 7.52. The van der Waals surface area contributed by atoms with Crippen LogP contribution in [0.15, 0.2) is 11.1 Å². The van der Waals surface area contributed by atoms with Crippen LogP contribution in [0.4, 0.5) is 0 Å². The molecule has 0 amide bonds. The predicted octanol–water partition coefficient (Wildman–Crippen LogP) is 3.50. The van der Waals surface area contributed by atoms with Crippen LogP contribution in [0.2, 0.25) is 0 Å². The van der Waals surface area contributed by atoms with E-state index >= 15 is 0 Å². The first-order valence-electron chi connectivity index (χ1n) is 7.52. The lowest BCUT2D eigenvalue weighted by molar-refractivity contribution is -0.142. The van der Waals surface area contributed by atoms with E-state index in [-0.39, 0.29) is 11.8 Å². The van der Waals surface area contributed by atoms with Crippen molar-refractivity contribution in [1.82, 2.24) is 0 Å². The van der Waals surface area contributed by atoms with E-state index in [4.69, 9.17) is 9.47 Å². The molecule has 0 aromatic heterocycles. The topological polar surface area (TPSA) is 52.6 Å². The molecule has 0 aliphatic carbocycles. The summed E-state index contributed by atoms with van der Waals surface area (Å²) in [6, 6.07) is 0. The Balaban J connectivity index is 5.83. The maximum absolute atomic E-state index is 12.2. The molecule has 0 saturated heterocycles. The van der Waals surface area contributed by atoms with Crippen molar-refractivity contribution in [3.63, 3.8) is 0 Å². The zero-order valence-electron chi connectivity index (χ0n) is 13.6. The summed E-state index contributed by atoms with van der Waals surface area (Å²) < 4.78 is 10.3. The van der Waals surface area contributed by atoms with Crippen molar-refractivity contribution in [1.29, 1.82) is 0 Å². The Morgan fingerprint density at radius 2 is 1.05 bits per heavy atom. The third-order valence-electron chi connectivity index (χ3n) is 3.49. The summed E-state index contributed by atoms with van der Waals surface area (Å²) in [5.41, 5.74) is 0.948. The van der Waals surface area contributed by atoms with Crippen LogP contribution in [0.25, 0.3) is 0 Å². The minimum Gasteiger partial charge on any atom is -0.463 e. The molecule has 0 aromatic carbocycles.